The zero-order valence-electron chi connectivity index (χ0n) is 9.54. The van der Waals surface area contributed by atoms with Crippen LogP contribution in [-0.4, -0.2) is 37.9 Å². The van der Waals surface area contributed by atoms with E-state index in [0.717, 1.165) is 12.1 Å². The lowest BCUT2D eigenvalue weighted by Crippen LogP contribution is -2.06. The van der Waals surface area contributed by atoms with Crippen LogP contribution in [0.5, 0.6) is 0 Å². The molecule has 0 radical (unpaired) electrons. The summed E-state index contributed by atoms with van der Waals surface area (Å²) in [7, 11) is 0. The van der Waals surface area contributed by atoms with E-state index in [4.69, 9.17) is 0 Å². The summed E-state index contributed by atoms with van der Waals surface area (Å²) in [5, 5.41) is 6.68. The highest BCUT2D eigenvalue weighted by Gasteiger charge is 2.21. The van der Waals surface area contributed by atoms with Crippen molar-refractivity contribution in [3.63, 3.8) is 0 Å². The normalized spacial score (nSPS) is 29.9. The summed E-state index contributed by atoms with van der Waals surface area (Å²) in [5.41, 5.74) is 0. The first-order valence-corrected chi connectivity index (χ1v) is 6.31. The highest BCUT2D eigenvalue weighted by Crippen LogP contribution is 2.17. The minimum absolute atomic E-state index is 0.516. The Morgan fingerprint density at radius 2 is 1.53 bits per heavy atom. The summed E-state index contributed by atoms with van der Waals surface area (Å²) in [6.07, 6.45) is 7.75. The molecule has 3 heteroatoms. The first-order chi connectivity index (χ1) is 7.38. The van der Waals surface area contributed by atoms with Crippen molar-refractivity contribution in [2.75, 3.05) is 13.1 Å². The molecule has 2 aliphatic heterocycles. The maximum absolute atomic E-state index is 4.23. The Hall–Kier alpha value is -0.410. The predicted molar refractivity (Wildman–Crippen MR) is 64.6 cm³/mol. The van der Waals surface area contributed by atoms with Crippen molar-refractivity contribution in [3.8, 4) is 0 Å². The average molecular weight is 209 g/mol. The highest BCUT2D eigenvalue weighted by molar-refractivity contribution is 5.24. The van der Waals surface area contributed by atoms with Gasteiger partial charge in [-0.15, -0.1) is 0 Å². The summed E-state index contributed by atoms with van der Waals surface area (Å²) >= 11 is 0. The van der Waals surface area contributed by atoms with Crippen LogP contribution in [0.15, 0.2) is 4.99 Å². The fourth-order valence-electron chi connectivity index (χ4n) is 2.10. The van der Waals surface area contributed by atoms with Crippen LogP contribution in [-0.2, 0) is 0 Å². The number of nitrogens with one attached hydrogen (secondary N) is 2. The van der Waals surface area contributed by atoms with Gasteiger partial charge in [0, 0.05) is 31.2 Å². The SMILES string of the molecule is C=NC(CCCC1CN1)CCCC1CN1. The Kier molecular flexibility index (Phi) is 4.15. The zero-order chi connectivity index (χ0) is 10.5. The molecule has 2 unspecified atom stereocenters. The Balaban J connectivity index is 1.47. The van der Waals surface area contributed by atoms with E-state index in [0.29, 0.717) is 6.04 Å². The number of aliphatic imine (C=N–C) groups is 1. The summed E-state index contributed by atoms with van der Waals surface area (Å²) in [4.78, 5) is 4.23. The van der Waals surface area contributed by atoms with Crippen LogP contribution < -0.4 is 10.6 Å². The maximum atomic E-state index is 4.23. The van der Waals surface area contributed by atoms with Crippen LogP contribution >= 0.6 is 0 Å². The first-order valence-electron chi connectivity index (χ1n) is 6.31. The standard InChI is InChI=1S/C12H23N3/c1-13-10(4-2-6-11-8-14-11)5-3-7-12-9-15-12/h10-12,14-15H,1-9H2. The molecule has 2 rings (SSSR count). The van der Waals surface area contributed by atoms with Crippen molar-refractivity contribution in [2.24, 2.45) is 4.99 Å². The van der Waals surface area contributed by atoms with Crippen LogP contribution in [0.3, 0.4) is 0 Å². The molecule has 15 heavy (non-hydrogen) atoms. The summed E-state index contributed by atoms with van der Waals surface area (Å²) in [5.74, 6) is 0. The topological polar surface area (TPSA) is 56.2 Å². The maximum Gasteiger partial charge on any atom is 0.0492 e. The molecule has 0 amide bonds. The minimum Gasteiger partial charge on any atom is -0.311 e. The molecule has 2 N–H and O–H groups in total. The molecule has 2 saturated heterocycles. The molecule has 0 aromatic carbocycles. The second kappa shape index (κ2) is 5.61. The fraction of sp³-hybridized carbons (Fsp3) is 0.917. The molecule has 0 aliphatic carbocycles. The molecule has 3 nitrogen and oxygen atoms in total. The van der Waals surface area contributed by atoms with Crippen molar-refractivity contribution < 1.29 is 0 Å². The Morgan fingerprint density at radius 1 is 1.07 bits per heavy atom. The lowest BCUT2D eigenvalue weighted by atomic mass is 10.0. The van der Waals surface area contributed by atoms with Crippen LogP contribution in [0.1, 0.15) is 38.5 Å². The third kappa shape index (κ3) is 4.76. The molecule has 0 aromatic rings. The summed E-state index contributed by atoms with van der Waals surface area (Å²) < 4.78 is 0. The van der Waals surface area contributed by atoms with Gasteiger partial charge in [0.1, 0.15) is 0 Å². The number of nitrogens with zero attached hydrogens (tertiary/aromatic N) is 1. The van der Waals surface area contributed by atoms with E-state index in [1.54, 1.807) is 0 Å². The molecule has 2 heterocycles. The van der Waals surface area contributed by atoms with Crippen LogP contribution in [0.25, 0.3) is 0 Å². The van der Waals surface area contributed by atoms with Crippen molar-refractivity contribution in [3.05, 3.63) is 0 Å². The largest absolute Gasteiger partial charge is 0.311 e. The van der Waals surface area contributed by atoms with E-state index in [2.05, 4.69) is 22.3 Å². The Bertz CT molecular complexity index is 179. The smallest absolute Gasteiger partial charge is 0.0492 e. The van der Waals surface area contributed by atoms with E-state index in [1.165, 1.54) is 51.6 Å². The molecule has 0 spiro atoms. The molecule has 2 fully saturated rings. The van der Waals surface area contributed by atoms with E-state index in [-0.39, 0.29) is 0 Å². The van der Waals surface area contributed by atoms with Crippen molar-refractivity contribution in [1.29, 1.82) is 0 Å². The van der Waals surface area contributed by atoms with Crippen molar-refractivity contribution >= 4 is 6.72 Å². The quantitative estimate of drug-likeness (QED) is 0.445. The van der Waals surface area contributed by atoms with E-state index >= 15 is 0 Å². The van der Waals surface area contributed by atoms with Crippen molar-refractivity contribution in [2.45, 2.75) is 56.7 Å². The van der Waals surface area contributed by atoms with Gasteiger partial charge in [-0.2, -0.15) is 0 Å². The third-order valence-electron chi connectivity index (χ3n) is 3.42. The van der Waals surface area contributed by atoms with E-state index in [1.807, 2.05) is 0 Å². The summed E-state index contributed by atoms with van der Waals surface area (Å²) in [6.45, 7) is 6.18. The molecule has 2 atom stereocenters. The molecule has 86 valence electrons. The average Bonchev–Trinajstić information content (AvgIpc) is 3.09. The van der Waals surface area contributed by atoms with E-state index < -0.39 is 0 Å². The number of rotatable bonds is 9. The van der Waals surface area contributed by atoms with Gasteiger partial charge in [0.25, 0.3) is 0 Å². The molecular weight excluding hydrogens is 186 g/mol. The van der Waals surface area contributed by atoms with Gasteiger partial charge < -0.3 is 10.6 Å². The molecule has 0 saturated carbocycles. The van der Waals surface area contributed by atoms with Gasteiger partial charge in [-0.05, 0) is 45.2 Å². The monoisotopic (exact) mass is 209 g/mol. The Labute approximate surface area is 92.7 Å². The zero-order valence-corrected chi connectivity index (χ0v) is 9.54. The summed E-state index contributed by atoms with van der Waals surface area (Å²) in [6, 6.07) is 2.17. The molecule has 0 aromatic heterocycles. The molecule has 0 bridgehead atoms. The van der Waals surface area contributed by atoms with Crippen LogP contribution in [0, 0.1) is 0 Å². The van der Waals surface area contributed by atoms with Gasteiger partial charge in [0.15, 0.2) is 0 Å². The molecular formula is C12H23N3. The molecule has 2 aliphatic rings. The van der Waals surface area contributed by atoms with Gasteiger partial charge in [-0.3, -0.25) is 4.99 Å². The van der Waals surface area contributed by atoms with Crippen LogP contribution in [0.4, 0.5) is 0 Å². The first kappa shape index (κ1) is 11.1. The third-order valence-corrected chi connectivity index (χ3v) is 3.42. The van der Waals surface area contributed by atoms with Crippen molar-refractivity contribution in [1.82, 2.24) is 10.6 Å². The highest BCUT2D eigenvalue weighted by atomic mass is 15.1. The fourth-order valence-corrected chi connectivity index (χ4v) is 2.10. The van der Waals surface area contributed by atoms with Gasteiger partial charge in [-0.25, -0.2) is 0 Å². The lowest BCUT2D eigenvalue weighted by molar-refractivity contribution is 0.508. The van der Waals surface area contributed by atoms with Gasteiger partial charge in [0.05, 0.1) is 0 Å². The number of hydrogen-bond acceptors (Lipinski definition) is 3. The van der Waals surface area contributed by atoms with Gasteiger partial charge in [0.2, 0.25) is 0 Å². The van der Waals surface area contributed by atoms with E-state index in [9.17, 15) is 0 Å². The Morgan fingerprint density at radius 3 is 1.87 bits per heavy atom. The second-order valence-corrected chi connectivity index (χ2v) is 4.91. The van der Waals surface area contributed by atoms with Gasteiger partial charge in [-0.1, -0.05) is 0 Å². The predicted octanol–water partition coefficient (Wildman–Crippen LogP) is 1.34. The van der Waals surface area contributed by atoms with Gasteiger partial charge >= 0.3 is 0 Å². The minimum atomic E-state index is 0.516. The van der Waals surface area contributed by atoms with Crippen LogP contribution in [0.2, 0.25) is 0 Å². The lowest BCUT2D eigenvalue weighted by Gasteiger charge is -2.10. The number of hydrogen-bond donors (Lipinski definition) is 2. The second-order valence-electron chi connectivity index (χ2n) is 4.91.